The molecule has 1 saturated heterocycles. The number of thiophene rings is 1. The van der Waals surface area contributed by atoms with E-state index >= 15 is 0 Å². The summed E-state index contributed by atoms with van der Waals surface area (Å²) in [7, 11) is 1.68. The first-order valence-electron chi connectivity index (χ1n) is 8.21. The highest BCUT2D eigenvalue weighted by Crippen LogP contribution is 2.36. The zero-order chi connectivity index (χ0) is 16.4. The van der Waals surface area contributed by atoms with Gasteiger partial charge in [0.15, 0.2) is 5.76 Å². The van der Waals surface area contributed by atoms with Crippen LogP contribution in [0.5, 0.6) is 5.75 Å². The molecule has 3 aromatic rings. The lowest BCUT2D eigenvalue weighted by Gasteiger charge is -2.21. The summed E-state index contributed by atoms with van der Waals surface area (Å²) in [6, 6.07) is 14.8. The van der Waals surface area contributed by atoms with Gasteiger partial charge in [0.2, 0.25) is 0 Å². The second kappa shape index (κ2) is 6.79. The fourth-order valence-corrected chi connectivity index (χ4v) is 4.28. The minimum absolute atomic E-state index is 0.504. The Balaban J connectivity index is 1.53. The minimum atomic E-state index is 0.504. The monoisotopic (exact) mass is 340 g/mol. The molecule has 0 radical (unpaired) electrons. The van der Waals surface area contributed by atoms with E-state index in [9.17, 15) is 0 Å². The van der Waals surface area contributed by atoms with Gasteiger partial charge in [-0.3, -0.25) is 4.90 Å². The number of aromatic nitrogens is 1. The lowest BCUT2D eigenvalue weighted by atomic mass is 10.1. The number of ether oxygens (including phenoxy) is 1. The maximum atomic E-state index is 5.60. The Labute approximate surface area is 145 Å². The van der Waals surface area contributed by atoms with Crippen LogP contribution in [0.1, 0.15) is 29.5 Å². The van der Waals surface area contributed by atoms with Crippen LogP contribution < -0.4 is 4.74 Å². The third-order valence-electron chi connectivity index (χ3n) is 4.54. The normalized spacial score (nSPS) is 18.1. The third kappa shape index (κ3) is 2.97. The first kappa shape index (κ1) is 15.4. The first-order valence-corrected chi connectivity index (χ1v) is 9.09. The molecule has 1 unspecified atom stereocenters. The Morgan fingerprint density at radius 2 is 2.21 bits per heavy atom. The van der Waals surface area contributed by atoms with Crippen LogP contribution in [0.4, 0.5) is 0 Å². The lowest BCUT2D eigenvalue weighted by molar-refractivity contribution is 0.219. The summed E-state index contributed by atoms with van der Waals surface area (Å²) in [5, 5.41) is 6.40. The average Bonchev–Trinajstić information content (AvgIpc) is 3.36. The molecule has 4 rings (SSSR count). The molecule has 0 saturated carbocycles. The van der Waals surface area contributed by atoms with Crippen LogP contribution in [0, 0.1) is 0 Å². The Morgan fingerprint density at radius 3 is 3.04 bits per heavy atom. The van der Waals surface area contributed by atoms with Crippen LogP contribution in [0.25, 0.3) is 11.3 Å². The number of benzene rings is 1. The van der Waals surface area contributed by atoms with Crippen molar-refractivity contribution >= 4 is 11.3 Å². The van der Waals surface area contributed by atoms with Crippen molar-refractivity contribution in [3.63, 3.8) is 0 Å². The van der Waals surface area contributed by atoms with E-state index in [1.54, 1.807) is 7.11 Å². The van der Waals surface area contributed by atoms with E-state index < -0.39 is 0 Å². The fraction of sp³-hybridized carbons (Fsp3) is 0.316. The Hall–Kier alpha value is -2.11. The summed E-state index contributed by atoms with van der Waals surface area (Å²) in [4.78, 5) is 3.93. The second-order valence-electron chi connectivity index (χ2n) is 6.02. The Bertz CT molecular complexity index is 797. The fourth-order valence-electron chi connectivity index (χ4n) is 3.39. The molecular weight excluding hydrogens is 320 g/mol. The van der Waals surface area contributed by atoms with Gasteiger partial charge in [0, 0.05) is 22.5 Å². The highest BCUT2D eigenvalue weighted by Gasteiger charge is 2.27. The summed E-state index contributed by atoms with van der Waals surface area (Å²) in [5.41, 5.74) is 1.79. The maximum absolute atomic E-state index is 5.60. The van der Waals surface area contributed by atoms with Gasteiger partial charge in [-0.15, -0.1) is 11.3 Å². The van der Waals surface area contributed by atoms with Gasteiger partial charge in [0.25, 0.3) is 0 Å². The molecule has 2 aromatic heterocycles. The van der Waals surface area contributed by atoms with Crippen LogP contribution in [-0.2, 0) is 6.54 Å². The zero-order valence-electron chi connectivity index (χ0n) is 13.6. The summed E-state index contributed by atoms with van der Waals surface area (Å²) in [6.45, 7) is 1.90. The highest BCUT2D eigenvalue weighted by molar-refractivity contribution is 7.10. The average molecular weight is 340 g/mol. The molecule has 0 aliphatic carbocycles. The topological polar surface area (TPSA) is 38.5 Å². The molecule has 1 aromatic carbocycles. The second-order valence-corrected chi connectivity index (χ2v) is 7.00. The minimum Gasteiger partial charge on any atom is -0.496 e. The van der Waals surface area contributed by atoms with Gasteiger partial charge >= 0.3 is 0 Å². The van der Waals surface area contributed by atoms with Crippen molar-refractivity contribution in [3.8, 4) is 17.0 Å². The third-order valence-corrected chi connectivity index (χ3v) is 5.51. The van der Waals surface area contributed by atoms with E-state index in [0.29, 0.717) is 6.04 Å². The van der Waals surface area contributed by atoms with Gasteiger partial charge in [-0.2, -0.15) is 0 Å². The smallest absolute Gasteiger partial charge is 0.151 e. The summed E-state index contributed by atoms with van der Waals surface area (Å²) in [6.07, 6.45) is 2.45. The van der Waals surface area contributed by atoms with Crippen LogP contribution in [0.3, 0.4) is 0 Å². The zero-order valence-corrected chi connectivity index (χ0v) is 14.5. The number of likely N-dealkylation sites (tertiary alicyclic amines) is 1. The quantitative estimate of drug-likeness (QED) is 0.672. The van der Waals surface area contributed by atoms with Crippen LogP contribution >= 0.6 is 11.3 Å². The predicted molar refractivity (Wildman–Crippen MR) is 95.2 cm³/mol. The first-order chi connectivity index (χ1) is 11.8. The van der Waals surface area contributed by atoms with Crippen LogP contribution in [-0.4, -0.2) is 23.7 Å². The molecule has 124 valence electrons. The van der Waals surface area contributed by atoms with E-state index in [4.69, 9.17) is 9.26 Å². The Kier molecular flexibility index (Phi) is 4.36. The van der Waals surface area contributed by atoms with Crippen molar-refractivity contribution in [1.82, 2.24) is 10.1 Å². The molecule has 0 N–H and O–H groups in total. The van der Waals surface area contributed by atoms with E-state index in [1.165, 1.54) is 17.7 Å². The molecule has 1 atom stereocenters. The number of para-hydroxylation sites is 1. The molecular formula is C19H20N2O2S. The molecule has 24 heavy (non-hydrogen) atoms. The Morgan fingerprint density at radius 1 is 1.29 bits per heavy atom. The van der Waals surface area contributed by atoms with E-state index in [2.05, 4.69) is 27.6 Å². The van der Waals surface area contributed by atoms with Crippen molar-refractivity contribution in [2.75, 3.05) is 13.7 Å². The van der Waals surface area contributed by atoms with Crippen LogP contribution in [0.2, 0.25) is 0 Å². The van der Waals surface area contributed by atoms with E-state index in [0.717, 1.165) is 35.9 Å². The van der Waals surface area contributed by atoms with Gasteiger partial charge in [-0.1, -0.05) is 23.4 Å². The van der Waals surface area contributed by atoms with Crippen molar-refractivity contribution < 1.29 is 9.26 Å². The predicted octanol–water partition coefficient (Wildman–Crippen LogP) is 4.75. The maximum Gasteiger partial charge on any atom is 0.151 e. The highest BCUT2D eigenvalue weighted by atomic mass is 32.1. The summed E-state index contributed by atoms with van der Waals surface area (Å²) >= 11 is 1.84. The SMILES string of the molecule is COc1ccccc1-c1cc(CN2CCCC2c2cccs2)on1. The van der Waals surface area contributed by atoms with Gasteiger partial charge in [-0.05, 0) is 43.0 Å². The van der Waals surface area contributed by atoms with Crippen molar-refractivity contribution in [2.45, 2.75) is 25.4 Å². The molecule has 1 aliphatic heterocycles. The number of hydrogen-bond acceptors (Lipinski definition) is 5. The standard InChI is InChI=1S/C19H20N2O2S/c1-22-18-8-3-2-6-15(18)16-12-14(23-20-16)13-21-10-4-7-17(21)19-9-5-11-24-19/h2-3,5-6,8-9,11-12,17H,4,7,10,13H2,1H3. The van der Waals surface area contributed by atoms with Gasteiger partial charge in [0.1, 0.15) is 11.4 Å². The number of methoxy groups -OCH3 is 1. The van der Waals surface area contributed by atoms with Gasteiger partial charge < -0.3 is 9.26 Å². The number of rotatable bonds is 5. The number of nitrogens with zero attached hydrogens (tertiary/aromatic N) is 2. The van der Waals surface area contributed by atoms with Gasteiger partial charge in [-0.25, -0.2) is 0 Å². The lowest BCUT2D eigenvalue weighted by Crippen LogP contribution is -2.21. The molecule has 5 heteroatoms. The largest absolute Gasteiger partial charge is 0.496 e. The van der Waals surface area contributed by atoms with Crippen LogP contribution in [0.15, 0.2) is 52.4 Å². The van der Waals surface area contributed by atoms with Crippen molar-refractivity contribution in [1.29, 1.82) is 0 Å². The number of hydrogen-bond donors (Lipinski definition) is 0. The van der Waals surface area contributed by atoms with Crippen molar-refractivity contribution in [3.05, 3.63) is 58.5 Å². The van der Waals surface area contributed by atoms with E-state index in [-0.39, 0.29) is 0 Å². The molecule has 0 spiro atoms. The summed E-state index contributed by atoms with van der Waals surface area (Å²) < 4.78 is 11.0. The van der Waals surface area contributed by atoms with Gasteiger partial charge in [0.05, 0.1) is 13.7 Å². The molecule has 3 heterocycles. The molecule has 1 fully saturated rings. The molecule has 1 aliphatic rings. The molecule has 4 nitrogen and oxygen atoms in total. The van der Waals surface area contributed by atoms with E-state index in [1.807, 2.05) is 41.7 Å². The molecule has 0 bridgehead atoms. The van der Waals surface area contributed by atoms with Crippen molar-refractivity contribution in [2.24, 2.45) is 0 Å². The summed E-state index contributed by atoms with van der Waals surface area (Å²) in [5.74, 6) is 1.72. The molecule has 0 amide bonds.